The molecule has 5 heteroatoms. The first-order valence-electron chi connectivity index (χ1n) is 8.64. The van der Waals surface area contributed by atoms with Crippen molar-refractivity contribution in [1.29, 1.82) is 0 Å². The van der Waals surface area contributed by atoms with Gasteiger partial charge >= 0.3 is 7.60 Å². The molecule has 3 nitrogen and oxygen atoms in total. The molecule has 0 aromatic heterocycles. The second-order valence-electron chi connectivity index (χ2n) is 6.43. The molecule has 0 aliphatic carbocycles. The third-order valence-electron chi connectivity index (χ3n) is 4.47. The molecule has 1 unspecified atom stereocenters. The summed E-state index contributed by atoms with van der Waals surface area (Å²) in [5.41, 5.74) is 1.34. The van der Waals surface area contributed by atoms with Crippen molar-refractivity contribution in [2.24, 2.45) is 0 Å². The van der Waals surface area contributed by atoms with Crippen LogP contribution in [0.3, 0.4) is 0 Å². The monoisotopic (exact) mass is 396 g/mol. The van der Waals surface area contributed by atoms with Crippen molar-refractivity contribution in [3.8, 4) is 0 Å². The molecule has 0 aliphatic heterocycles. The number of rotatable bonds is 7. The molecule has 0 aliphatic rings. The van der Waals surface area contributed by atoms with Crippen LogP contribution in [0.25, 0.3) is 0 Å². The first-order chi connectivity index (χ1) is 12.9. The summed E-state index contributed by atoms with van der Waals surface area (Å²) < 4.78 is 19.0. The Balaban J connectivity index is 1.94. The predicted molar refractivity (Wildman–Crippen MR) is 113 cm³/mol. The fourth-order valence-electron chi connectivity index (χ4n) is 2.95. The van der Waals surface area contributed by atoms with Gasteiger partial charge < -0.3 is 4.89 Å². The van der Waals surface area contributed by atoms with Crippen molar-refractivity contribution >= 4 is 24.4 Å². The zero-order chi connectivity index (χ0) is 19.3. The van der Waals surface area contributed by atoms with Gasteiger partial charge in [0.2, 0.25) is 0 Å². The Morgan fingerprint density at radius 2 is 1.30 bits per heavy atom. The summed E-state index contributed by atoms with van der Waals surface area (Å²) in [7, 11) is -4.17. The summed E-state index contributed by atoms with van der Waals surface area (Å²) >= 11 is 5.30. The highest BCUT2D eigenvalue weighted by molar-refractivity contribution is 7.97. The van der Waals surface area contributed by atoms with Gasteiger partial charge in [-0.25, -0.2) is 0 Å². The summed E-state index contributed by atoms with van der Waals surface area (Å²) in [5, 5.41) is 0. The number of hydrogen-bond donors (Lipinski definition) is 1. The third-order valence-corrected chi connectivity index (χ3v) is 6.71. The van der Waals surface area contributed by atoms with E-state index in [4.69, 9.17) is 16.7 Å². The molecule has 3 aromatic rings. The smallest absolute Gasteiger partial charge is 0.321 e. The van der Waals surface area contributed by atoms with Gasteiger partial charge in [0.1, 0.15) is 10.2 Å². The summed E-state index contributed by atoms with van der Waals surface area (Å²) in [5.74, 6) is 0. The van der Waals surface area contributed by atoms with Gasteiger partial charge in [-0.15, -0.1) is 0 Å². The van der Waals surface area contributed by atoms with Gasteiger partial charge in [0, 0.05) is 6.42 Å². The Hall–Kier alpha value is -2.10. The van der Waals surface area contributed by atoms with Gasteiger partial charge in [-0.1, -0.05) is 103 Å². The van der Waals surface area contributed by atoms with E-state index in [1.54, 1.807) is 6.92 Å². The lowest BCUT2D eigenvalue weighted by molar-refractivity contribution is 0.118. The molecule has 0 spiro atoms. The second-order valence-corrected chi connectivity index (χ2v) is 8.99. The van der Waals surface area contributed by atoms with Crippen LogP contribution in [0.5, 0.6) is 0 Å². The fourth-order valence-corrected chi connectivity index (χ4v) is 4.42. The average Bonchev–Trinajstić information content (AvgIpc) is 2.69. The molecule has 0 radical (unpaired) electrons. The van der Waals surface area contributed by atoms with Crippen molar-refractivity contribution < 1.29 is 14.0 Å². The molecule has 3 aromatic carbocycles. The third kappa shape index (κ3) is 4.60. The highest BCUT2D eigenvalue weighted by Gasteiger charge is 2.39. The lowest BCUT2D eigenvalue weighted by atomic mass is 9.88. The molecule has 0 amide bonds. The van der Waals surface area contributed by atoms with Gasteiger partial charge in [0.25, 0.3) is 0 Å². The largest absolute Gasteiger partial charge is 0.366 e. The van der Waals surface area contributed by atoms with E-state index < -0.39 is 13.2 Å². The van der Waals surface area contributed by atoms with Crippen LogP contribution in [0.1, 0.15) is 23.6 Å². The van der Waals surface area contributed by atoms with E-state index in [1.807, 2.05) is 91.0 Å². The number of hydrogen-bond acceptors (Lipinski definition) is 3. The van der Waals surface area contributed by atoms with Crippen LogP contribution in [0.4, 0.5) is 0 Å². The van der Waals surface area contributed by atoms with Gasteiger partial charge in [0.15, 0.2) is 0 Å². The summed E-state index contributed by atoms with van der Waals surface area (Å²) in [6.45, 7) is 1.80. The summed E-state index contributed by atoms with van der Waals surface area (Å²) in [6.07, 6.45) is 0.212. The maximum Gasteiger partial charge on any atom is 0.366 e. The molecule has 0 heterocycles. The van der Waals surface area contributed by atoms with Crippen LogP contribution >= 0.6 is 19.8 Å². The molecular formula is C22H21O3PS. The zero-order valence-electron chi connectivity index (χ0n) is 15.0. The molecule has 0 fully saturated rings. The molecule has 138 valence electrons. The Kier molecular flexibility index (Phi) is 6.03. The average molecular weight is 396 g/mol. The first kappa shape index (κ1) is 19.7. The quantitative estimate of drug-likeness (QED) is 0.410. The molecule has 1 N–H and O–H groups in total. The van der Waals surface area contributed by atoms with E-state index in [9.17, 15) is 9.46 Å². The standard InChI is InChI=1S/C22H21O3PS/c1-22(19-13-7-3-8-14-19,20-15-9-4-10-16-20)25-26(23,24)21(27)17-18-11-5-2-6-12-18/h2-16H,17H2,1H3,(H,23,24). The van der Waals surface area contributed by atoms with E-state index in [0.29, 0.717) is 0 Å². The normalized spacial score (nSPS) is 13.7. The Labute approximate surface area is 165 Å². The van der Waals surface area contributed by atoms with Crippen molar-refractivity contribution in [1.82, 2.24) is 0 Å². The van der Waals surface area contributed by atoms with Crippen LogP contribution in [0.2, 0.25) is 0 Å². The molecule has 27 heavy (non-hydrogen) atoms. The maximum atomic E-state index is 13.1. The number of benzene rings is 3. The predicted octanol–water partition coefficient (Wildman–Crippen LogP) is 5.72. The lowest BCUT2D eigenvalue weighted by Crippen LogP contribution is -2.27. The SMILES string of the molecule is CC(OP(=O)(O)C(=S)Cc1ccccc1)(c1ccccc1)c1ccccc1. The van der Waals surface area contributed by atoms with Crippen LogP contribution in [-0.2, 0) is 21.1 Å². The van der Waals surface area contributed by atoms with E-state index in [-0.39, 0.29) is 11.0 Å². The molecule has 0 saturated carbocycles. The van der Waals surface area contributed by atoms with Crippen molar-refractivity contribution in [3.05, 3.63) is 108 Å². The Bertz CT molecular complexity index is 904. The van der Waals surface area contributed by atoms with Gasteiger partial charge in [-0.2, -0.15) is 0 Å². The Morgan fingerprint density at radius 3 is 1.74 bits per heavy atom. The van der Waals surface area contributed by atoms with Gasteiger partial charge in [-0.05, 0) is 23.6 Å². The minimum atomic E-state index is -4.17. The minimum Gasteiger partial charge on any atom is -0.321 e. The van der Waals surface area contributed by atoms with E-state index in [1.165, 1.54) is 0 Å². The maximum absolute atomic E-state index is 13.1. The molecule has 1 atom stereocenters. The zero-order valence-corrected chi connectivity index (χ0v) is 16.7. The molecule has 0 saturated heterocycles. The van der Waals surface area contributed by atoms with Crippen molar-refractivity contribution in [2.45, 2.75) is 18.9 Å². The lowest BCUT2D eigenvalue weighted by Gasteiger charge is -2.33. The highest BCUT2D eigenvalue weighted by atomic mass is 32.1. The van der Waals surface area contributed by atoms with Gasteiger partial charge in [0.05, 0.1) is 0 Å². The van der Waals surface area contributed by atoms with Crippen molar-refractivity contribution in [2.75, 3.05) is 0 Å². The number of thiocarbonyl (C=S) groups is 1. The van der Waals surface area contributed by atoms with Gasteiger partial charge in [-0.3, -0.25) is 9.09 Å². The fraction of sp³-hybridized carbons (Fsp3) is 0.136. The highest BCUT2D eigenvalue weighted by Crippen LogP contribution is 2.53. The first-order valence-corrected chi connectivity index (χ1v) is 10.6. The van der Waals surface area contributed by atoms with Crippen molar-refractivity contribution in [3.63, 3.8) is 0 Å². The summed E-state index contributed by atoms with van der Waals surface area (Å²) in [6, 6.07) is 28.2. The minimum absolute atomic E-state index is 0.00628. The van der Waals surface area contributed by atoms with E-state index in [0.717, 1.165) is 16.7 Å². The Morgan fingerprint density at radius 1 is 0.889 bits per heavy atom. The molecule has 0 bridgehead atoms. The van der Waals surface area contributed by atoms with Crippen LogP contribution in [0.15, 0.2) is 91.0 Å². The van der Waals surface area contributed by atoms with Crippen LogP contribution in [-0.4, -0.2) is 9.50 Å². The second kappa shape index (κ2) is 8.28. The van der Waals surface area contributed by atoms with E-state index in [2.05, 4.69) is 0 Å². The topological polar surface area (TPSA) is 46.5 Å². The molecule has 3 rings (SSSR count). The summed E-state index contributed by atoms with van der Waals surface area (Å²) in [4.78, 5) is 10.7. The van der Waals surface area contributed by atoms with E-state index >= 15 is 0 Å². The molecular weight excluding hydrogens is 375 g/mol. The van der Waals surface area contributed by atoms with Crippen LogP contribution < -0.4 is 0 Å². The van der Waals surface area contributed by atoms with Crippen LogP contribution in [0, 0.1) is 0 Å².